The highest BCUT2D eigenvalue weighted by Crippen LogP contribution is 2.24. The van der Waals surface area contributed by atoms with E-state index in [4.69, 9.17) is 5.11 Å². The summed E-state index contributed by atoms with van der Waals surface area (Å²) in [6, 6.07) is 15.9. The Morgan fingerprint density at radius 3 is 2.00 bits per heavy atom. The molecule has 0 bridgehead atoms. The molecule has 0 radical (unpaired) electrons. The standard InChI is InChI=1S/C17H26F3NO.C11H15NO2S.C5H4O3/c1-2-3-4-5-6-7-8-9-14-21-15-10-12-16(13-11-15)22-17(18,19)20;13-15(14,11-7-3-1-4-8-11)12-9-5-2-6-10-12;6-5(7)4-1-2-8-3-4/h10-13,21H,2-9,14H2,1H3;1,3-4,7-8H,2,5-6,9-10H2;1-3H,(H,6,7). The van der Waals surface area contributed by atoms with Crippen molar-refractivity contribution < 1.29 is 40.6 Å². The number of halogens is 3. The maximum absolute atomic E-state index is 12.1. The van der Waals surface area contributed by atoms with E-state index in [9.17, 15) is 26.4 Å². The van der Waals surface area contributed by atoms with E-state index in [0.29, 0.717) is 18.0 Å². The van der Waals surface area contributed by atoms with E-state index in [0.717, 1.165) is 37.9 Å². The third-order valence-corrected chi connectivity index (χ3v) is 8.82. The molecule has 12 heteroatoms. The smallest absolute Gasteiger partial charge is 0.478 e. The molecule has 0 amide bonds. The van der Waals surface area contributed by atoms with Crippen LogP contribution in [-0.2, 0) is 10.0 Å². The number of nitrogens with zero attached hydrogens (tertiary/aromatic N) is 1. The third kappa shape index (κ3) is 15.9. The molecular formula is C33H45F3N2O6S. The van der Waals surface area contributed by atoms with Gasteiger partial charge in [-0.3, -0.25) is 0 Å². The van der Waals surface area contributed by atoms with Gasteiger partial charge in [-0.1, -0.05) is 76.5 Å². The predicted molar refractivity (Wildman–Crippen MR) is 169 cm³/mol. The Kier molecular flexibility index (Phi) is 17.2. The van der Waals surface area contributed by atoms with Gasteiger partial charge in [0.25, 0.3) is 0 Å². The van der Waals surface area contributed by atoms with Crippen LogP contribution >= 0.6 is 0 Å². The minimum Gasteiger partial charge on any atom is -0.478 e. The second-order valence-corrected chi connectivity index (χ2v) is 12.5. The molecule has 1 fully saturated rings. The number of alkyl halides is 3. The monoisotopic (exact) mass is 654 g/mol. The second kappa shape index (κ2) is 20.5. The van der Waals surface area contributed by atoms with Gasteiger partial charge in [-0.2, -0.15) is 4.31 Å². The molecular weight excluding hydrogens is 609 g/mol. The van der Waals surface area contributed by atoms with Crippen LogP contribution in [0.2, 0.25) is 0 Å². The van der Waals surface area contributed by atoms with Crippen molar-refractivity contribution in [2.45, 2.75) is 88.8 Å². The van der Waals surface area contributed by atoms with Gasteiger partial charge in [0.2, 0.25) is 10.0 Å². The van der Waals surface area contributed by atoms with Crippen LogP contribution in [0.5, 0.6) is 5.75 Å². The van der Waals surface area contributed by atoms with Crippen molar-refractivity contribution in [3.8, 4) is 5.75 Å². The molecule has 0 aliphatic carbocycles. The molecule has 1 aliphatic rings. The Labute approximate surface area is 264 Å². The van der Waals surface area contributed by atoms with Gasteiger partial charge in [-0.25, -0.2) is 13.2 Å². The largest absolute Gasteiger partial charge is 0.573 e. The second-order valence-electron chi connectivity index (χ2n) is 10.6. The van der Waals surface area contributed by atoms with Gasteiger partial charge in [0.05, 0.1) is 16.7 Å². The molecule has 1 aromatic heterocycles. The minimum atomic E-state index is -4.63. The van der Waals surface area contributed by atoms with Crippen molar-refractivity contribution in [1.29, 1.82) is 0 Å². The summed E-state index contributed by atoms with van der Waals surface area (Å²) in [7, 11) is -3.23. The number of ether oxygens (including phenoxy) is 1. The lowest BCUT2D eigenvalue weighted by Gasteiger charge is -2.25. The lowest BCUT2D eigenvalue weighted by molar-refractivity contribution is -0.274. The van der Waals surface area contributed by atoms with Crippen LogP contribution in [0.1, 0.15) is 87.9 Å². The number of furan rings is 1. The van der Waals surface area contributed by atoms with E-state index in [-0.39, 0.29) is 11.3 Å². The van der Waals surface area contributed by atoms with Gasteiger partial charge < -0.3 is 19.6 Å². The van der Waals surface area contributed by atoms with Crippen molar-refractivity contribution in [1.82, 2.24) is 4.31 Å². The summed E-state index contributed by atoms with van der Waals surface area (Å²) in [4.78, 5) is 10.4. The molecule has 2 N–H and O–H groups in total. The highest BCUT2D eigenvalue weighted by Gasteiger charge is 2.31. The van der Waals surface area contributed by atoms with Crippen molar-refractivity contribution in [3.63, 3.8) is 0 Å². The van der Waals surface area contributed by atoms with Gasteiger partial charge in [0.1, 0.15) is 12.0 Å². The normalized spacial score (nSPS) is 13.5. The van der Waals surface area contributed by atoms with E-state index in [1.54, 1.807) is 40.7 Å². The number of sulfonamides is 1. The van der Waals surface area contributed by atoms with Gasteiger partial charge >= 0.3 is 12.3 Å². The summed E-state index contributed by atoms with van der Waals surface area (Å²) in [5, 5.41) is 11.4. The number of carboxylic acid groups (broad SMARTS) is 1. The maximum atomic E-state index is 12.1. The van der Waals surface area contributed by atoms with Crippen LogP contribution in [-0.4, -0.2) is 49.8 Å². The summed E-state index contributed by atoms with van der Waals surface area (Å²) in [6.45, 7) is 4.39. The number of carboxylic acids is 1. The molecule has 1 aliphatic heterocycles. The first-order chi connectivity index (χ1) is 21.5. The highest BCUT2D eigenvalue weighted by molar-refractivity contribution is 7.89. The number of benzene rings is 2. The first-order valence-corrected chi connectivity index (χ1v) is 16.9. The number of hydrogen-bond acceptors (Lipinski definition) is 6. The molecule has 2 aromatic carbocycles. The summed E-state index contributed by atoms with van der Waals surface area (Å²) in [6.07, 6.45) is 11.0. The zero-order valence-electron chi connectivity index (χ0n) is 25.8. The van der Waals surface area contributed by atoms with Crippen LogP contribution in [0.25, 0.3) is 0 Å². The van der Waals surface area contributed by atoms with E-state index >= 15 is 0 Å². The fourth-order valence-electron chi connectivity index (χ4n) is 4.50. The zero-order chi connectivity index (χ0) is 33.0. The zero-order valence-corrected chi connectivity index (χ0v) is 26.6. The molecule has 8 nitrogen and oxygen atoms in total. The Morgan fingerprint density at radius 1 is 0.889 bits per heavy atom. The van der Waals surface area contributed by atoms with Gasteiger partial charge in [-0.15, -0.1) is 13.2 Å². The van der Waals surface area contributed by atoms with E-state index in [2.05, 4.69) is 21.4 Å². The van der Waals surface area contributed by atoms with Crippen molar-refractivity contribution in [3.05, 3.63) is 78.8 Å². The predicted octanol–water partition coefficient (Wildman–Crippen LogP) is 8.98. The number of unbranched alkanes of at least 4 members (excludes halogenated alkanes) is 7. The van der Waals surface area contributed by atoms with E-state index in [1.165, 1.54) is 75.7 Å². The Morgan fingerprint density at radius 2 is 1.49 bits per heavy atom. The third-order valence-electron chi connectivity index (χ3n) is 6.91. The number of aromatic carboxylic acids is 1. The number of nitrogens with one attached hydrogen (secondary N) is 1. The first kappa shape index (κ1) is 37.7. The van der Waals surface area contributed by atoms with Crippen LogP contribution in [0.3, 0.4) is 0 Å². The van der Waals surface area contributed by atoms with Crippen molar-refractivity contribution in [2.75, 3.05) is 25.0 Å². The molecule has 3 aromatic rings. The molecule has 4 rings (SSSR count). The minimum absolute atomic E-state index is 0.185. The maximum Gasteiger partial charge on any atom is 0.573 e. The van der Waals surface area contributed by atoms with Gasteiger partial charge in [0, 0.05) is 25.3 Å². The number of carbonyl (C=O) groups is 1. The molecule has 0 spiro atoms. The quantitative estimate of drug-likeness (QED) is 0.167. The Bertz CT molecular complexity index is 1300. The lowest BCUT2D eigenvalue weighted by Crippen LogP contribution is -2.35. The Balaban J connectivity index is 0.000000262. The molecule has 0 atom stereocenters. The van der Waals surface area contributed by atoms with Gasteiger partial charge in [-0.05, 0) is 61.7 Å². The highest BCUT2D eigenvalue weighted by atomic mass is 32.2. The van der Waals surface area contributed by atoms with Crippen LogP contribution in [0.15, 0.2) is 82.5 Å². The van der Waals surface area contributed by atoms with Crippen LogP contribution in [0, 0.1) is 0 Å². The molecule has 45 heavy (non-hydrogen) atoms. The fourth-order valence-corrected chi connectivity index (χ4v) is 6.04. The topological polar surface area (TPSA) is 109 Å². The molecule has 1 saturated heterocycles. The van der Waals surface area contributed by atoms with Crippen LogP contribution < -0.4 is 10.1 Å². The van der Waals surface area contributed by atoms with Gasteiger partial charge in [0.15, 0.2) is 0 Å². The lowest BCUT2D eigenvalue weighted by atomic mass is 10.1. The van der Waals surface area contributed by atoms with E-state index in [1.807, 2.05) is 6.07 Å². The summed E-state index contributed by atoms with van der Waals surface area (Å²) >= 11 is 0. The van der Waals surface area contributed by atoms with E-state index < -0.39 is 22.4 Å². The average molecular weight is 655 g/mol. The number of anilines is 1. The Hall–Kier alpha value is -3.51. The van der Waals surface area contributed by atoms with Crippen LogP contribution in [0.4, 0.5) is 18.9 Å². The number of piperidine rings is 1. The summed E-state index contributed by atoms with van der Waals surface area (Å²) in [5.74, 6) is -1.15. The SMILES string of the molecule is CCCCCCCCCCNc1ccc(OC(F)(F)F)cc1.O=C(O)c1ccoc1.O=S(=O)(c1ccccc1)N1CCCCC1. The summed E-state index contributed by atoms with van der Waals surface area (Å²) in [5.41, 5.74) is 1.00. The van der Waals surface area contributed by atoms with Crippen molar-refractivity contribution in [2.24, 2.45) is 0 Å². The molecule has 0 unspecified atom stereocenters. The number of rotatable bonds is 14. The average Bonchev–Trinajstić information content (AvgIpc) is 3.58. The molecule has 0 saturated carbocycles. The molecule has 250 valence electrons. The first-order valence-electron chi connectivity index (χ1n) is 15.4. The van der Waals surface area contributed by atoms with Crippen molar-refractivity contribution >= 4 is 21.7 Å². The fraction of sp³-hybridized carbons (Fsp3) is 0.485. The summed E-state index contributed by atoms with van der Waals surface area (Å²) < 4.78 is 70.2. The molecule has 2 heterocycles. The number of hydrogen-bond donors (Lipinski definition) is 2.